The Balaban J connectivity index is 2.24. The van der Waals surface area contributed by atoms with E-state index in [2.05, 4.69) is 11.2 Å². The van der Waals surface area contributed by atoms with Gasteiger partial charge in [-0.1, -0.05) is 0 Å². The lowest BCUT2D eigenvalue weighted by Gasteiger charge is -2.22. The number of hydrogen-bond acceptors (Lipinski definition) is 3. The summed E-state index contributed by atoms with van der Waals surface area (Å²) in [6, 6.07) is 0.300. The Labute approximate surface area is 89.9 Å². The zero-order valence-corrected chi connectivity index (χ0v) is 9.55. The molecule has 0 aromatic heterocycles. The SMILES string of the molecule is CSCCCN1CCCC1CC(=O)O. The van der Waals surface area contributed by atoms with Crippen molar-refractivity contribution in [3.8, 4) is 0 Å². The average molecular weight is 217 g/mol. The van der Waals surface area contributed by atoms with Crippen molar-refractivity contribution in [2.75, 3.05) is 25.1 Å². The summed E-state index contributed by atoms with van der Waals surface area (Å²) in [6.07, 6.45) is 5.83. The Morgan fingerprint density at radius 1 is 1.64 bits per heavy atom. The molecule has 1 fully saturated rings. The highest BCUT2D eigenvalue weighted by molar-refractivity contribution is 7.98. The van der Waals surface area contributed by atoms with Crippen LogP contribution in [0.3, 0.4) is 0 Å². The Morgan fingerprint density at radius 3 is 3.07 bits per heavy atom. The lowest BCUT2D eigenvalue weighted by atomic mass is 10.1. The number of rotatable bonds is 6. The first kappa shape index (κ1) is 11.9. The molecule has 0 spiro atoms. The number of likely N-dealkylation sites (tertiary alicyclic amines) is 1. The molecule has 4 heteroatoms. The number of nitrogens with zero attached hydrogens (tertiary/aromatic N) is 1. The van der Waals surface area contributed by atoms with Gasteiger partial charge in [0.1, 0.15) is 0 Å². The zero-order valence-electron chi connectivity index (χ0n) is 8.74. The van der Waals surface area contributed by atoms with Crippen molar-refractivity contribution >= 4 is 17.7 Å². The Bertz CT molecular complexity index is 187. The molecule has 3 nitrogen and oxygen atoms in total. The minimum Gasteiger partial charge on any atom is -0.481 e. The third-order valence-electron chi connectivity index (χ3n) is 2.70. The molecule has 0 aromatic rings. The molecule has 1 aliphatic heterocycles. The van der Waals surface area contributed by atoms with Crippen molar-refractivity contribution in [1.82, 2.24) is 4.90 Å². The van der Waals surface area contributed by atoms with Gasteiger partial charge in [-0.3, -0.25) is 9.69 Å². The van der Waals surface area contributed by atoms with E-state index in [0.717, 1.165) is 25.9 Å². The van der Waals surface area contributed by atoms with Gasteiger partial charge in [-0.25, -0.2) is 0 Å². The Hall–Kier alpha value is -0.220. The van der Waals surface area contributed by atoms with E-state index in [1.54, 1.807) is 0 Å². The zero-order chi connectivity index (χ0) is 10.4. The molecule has 0 aromatic carbocycles. The van der Waals surface area contributed by atoms with Crippen molar-refractivity contribution in [3.63, 3.8) is 0 Å². The Morgan fingerprint density at radius 2 is 2.43 bits per heavy atom. The van der Waals surface area contributed by atoms with Gasteiger partial charge in [-0.05, 0) is 44.4 Å². The number of hydrogen-bond donors (Lipinski definition) is 1. The second-order valence-corrected chi connectivity index (χ2v) is 4.76. The van der Waals surface area contributed by atoms with Gasteiger partial charge < -0.3 is 5.11 Å². The molecule has 82 valence electrons. The predicted octanol–water partition coefficient (Wildman–Crippen LogP) is 1.68. The van der Waals surface area contributed by atoms with Crippen molar-refractivity contribution in [2.45, 2.75) is 31.7 Å². The van der Waals surface area contributed by atoms with Gasteiger partial charge in [-0.15, -0.1) is 0 Å². The Kier molecular flexibility index (Phi) is 5.33. The first-order valence-electron chi connectivity index (χ1n) is 5.19. The highest BCUT2D eigenvalue weighted by Gasteiger charge is 2.25. The van der Waals surface area contributed by atoms with Gasteiger partial charge in [0.15, 0.2) is 0 Å². The molecule has 1 N–H and O–H groups in total. The van der Waals surface area contributed by atoms with Crippen LogP contribution in [-0.4, -0.2) is 47.1 Å². The van der Waals surface area contributed by atoms with Crippen LogP contribution in [0.25, 0.3) is 0 Å². The fraction of sp³-hybridized carbons (Fsp3) is 0.900. The van der Waals surface area contributed by atoms with Crippen LogP contribution < -0.4 is 0 Å². The maximum atomic E-state index is 10.6. The van der Waals surface area contributed by atoms with Crippen LogP contribution in [0.1, 0.15) is 25.7 Å². The highest BCUT2D eigenvalue weighted by Crippen LogP contribution is 2.20. The summed E-state index contributed by atoms with van der Waals surface area (Å²) < 4.78 is 0. The molecular formula is C10H19NO2S. The van der Waals surface area contributed by atoms with E-state index in [9.17, 15) is 4.79 Å². The molecule has 1 heterocycles. The van der Waals surface area contributed by atoms with Gasteiger partial charge in [0, 0.05) is 6.04 Å². The van der Waals surface area contributed by atoms with E-state index in [1.807, 2.05) is 11.8 Å². The molecule has 0 amide bonds. The van der Waals surface area contributed by atoms with E-state index in [1.165, 1.54) is 12.2 Å². The van der Waals surface area contributed by atoms with Crippen LogP contribution in [0, 0.1) is 0 Å². The molecule has 0 saturated carbocycles. The second-order valence-electron chi connectivity index (χ2n) is 3.78. The van der Waals surface area contributed by atoms with Crippen LogP contribution in [0.4, 0.5) is 0 Å². The van der Waals surface area contributed by atoms with Crippen molar-refractivity contribution in [3.05, 3.63) is 0 Å². The quantitative estimate of drug-likeness (QED) is 0.687. The van der Waals surface area contributed by atoms with E-state index in [4.69, 9.17) is 5.11 Å². The van der Waals surface area contributed by atoms with Crippen LogP contribution in [0.15, 0.2) is 0 Å². The smallest absolute Gasteiger partial charge is 0.304 e. The minimum atomic E-state index is -0.660. The lowest BCUT2D eigenvalue weighted by Crippen LogP contribution is -2.32. The largest absolute Gasteiger partial charge is 0.481 e. The standard InChI is InChI=1S/C10H19NO2S/c1-14-7-3-6-11-5-2-4-9(11)8-10(12)13/h9H,2-8H2,1H3,(H,12,13). The summed E-state index contributed by atoms with van der Waals surface area (Å²) in [5, 5.41) is 8.73. The maximum Gasteiger partial charge on any atom is 0.304 e. The molecule has 14 heavy (non-hydrogen) atoms. The molecule has 0 radical (unpaired) electrons. The van der Waals surface area contributed by atoms with Crippen LogP contribution >= 0.6 is 11.8 Å². The maximum absolute atomic E-state index is 10.6. The number of thioether (sulfide) groups is 1. The molecule has 0 bridgehead atoms. The lowest BCUT2D eigenvalue weighted by molar-refractivity contribution is -0.138. The fourth-order valence-electron chi connectivity index (χ4n) is 2.03. The van der Waals surface area contributed by atoms with E-state index >= 15 is 0 Å². The normalized spacial score (nSPS) is 22.8. The fourth-order valence-corrected chi connectivity index (χ4v) is 2.45. The number of carbonyl (C=O) groups is 1. The second kappa shape index (κ2) is 6.30. The summed E-state index contributed by atoms with van der Waals surface area (Å²) in [7, 11) is 0. The van der Waals surface area contributed by atoms with Gasteiger partial charge in [0.05, 0.1) is 6.42 Å². The van der Waals surface area contributed by atoms with E-state index in [-0.39, 0.29) is 0 Å². The first-order chi connectivity index (χ1) is 6.74. The van der Waals surface area contributed by atoms with Crippen molar-refractivity contribution in [2.24, 2.45) is 0 Å². The predicted molar refractivity (Wildman–Crippen MR) is 59.8 cm³/mol. The summed E-state index contributed by atoms with van der Waals surface area (Å²) in [6.45, 7) is 2.16. The summed E-state index contributed by atoms with van der Waals surface area (Å²) in [5.74, 6) is 0.516. The first-order valence-corrected chi connectivity index (χ1v) is 6.58. The molecule has 0 aliphatic carbocycles. The van der Waals surface area contributed by atoms with Gasteiger partial charge >= 0.3 is 5.97 Å². The molecular weight excluding hydrogens is 198 g/mol. The summed E-state index contributed by atoms with van der Waals surface area (Å²) in [4.78, 5) is 12.9. The summed E-state index contributed by atoms with van der Waals surface area (Å²) >= 11 is 1.86. The highest BCUT2D eigenvalue weighted by atomic mass is 32.2. The molecule has 1 atom stereocenters. The number of aliphatic carboxylic acids is 1. The third-order valence-corrected chi connectivity index (χ3v) is 3.40. The minimum absolute atomic E-state index is 0.300. The number of carboxylic acids is 1. The summed E-state index contributed by atoms with van der Waals surface area (Å²) in [5.41, 5.74) is 0. The molecule has 1 aliphatic rings. The monoisotopic (exact) mass is 217 g/mol. The van der Waals surface area contributed by atoms with Gasteiger partial charge in [0.2, 0.25) is 0 Å². The molecule has 1 unspecified atom stereocenters. The van der Waals surface area contributed by atoms with Gasteiger partial charge in [0.25, 0.3) is 0 Å². The van der Waals surface area contributed by atoms with Crippen molar-refractivity contribution < 1.29 is 9.90 Å². The third kappa shape index (κ3) is 3.88. The number of carboxylic acid groups (broad SMARTS) is 1. The van der Waals surface area contributed by atoms with E-state index < -0.39 is 5.97 Å². The molecule has 1 rings (SSSR count). The van der Waals surface area contributed by atoms with Crippen LogP contribution in [0.5, 0.6) is 0 Å². The average Bonchev–Trinajstić information content (AvgIpc) is 2.52. The van der Waals surface area contributed by atoms with E-state index in [0.29, 0.717) is 12.5 Å². The van der Waals surface area contributed by atoms with Gasteiger partial charge in [-0.2, -0.15) is 11.8 Å². The van der Waals surface area contributed by atoms with Crippen LogP contribution in [0.2, 0.25) is 0 Å². The van der Waals surface area contributed by atoms with Crippen molar-refractivity contribution in [1.29, 1.82) is 0 Å². The topological polar surface area (TPSA) is 40.5 Å². The van der Waals surface area contributed by atoms with Crippen LogP contribution in [-0.2, 0) is 4.79 Å². The molecule has 1 saturated heterocycles.